The van der Waals surface area contributed by atoms with E-state index in [9.17, 15) is 4.39 Å². The van der Waals surface area contributed by atoms with Crippen LogP contribution in [0.3, 0.4) is 0 Å². The quantitative estimate of drug-likeness (QED) is 0.449. The van der Waals surface area contributed by atoms with Crippen LogP contribution in [-0.4, -0.2) is 8.80 Å². The van der Waals surface area contributed by atoms with Gasteiger partial charge in [0.1, 0.15) is 5.82 Å². The molecule has 0 aromatic heterocycles. The lowest BCUT2D eigenvalue weighted by molar-refractivity contribution is 0.332. The summed E-state index contributed by atoms with van der Waals surface area (Å²) in [7, 11) is -0.116. The van der Waals surface area contributed by atoms with Crippen molar-refractivity contribution in [2.75, 3.05) is 0 Å². The Hall–Kier alpha value is -1.41. The van der Waals surface area contributed by atoms with Gasteiger partial charge in [-0.2, -0.15) is 0 Å². The highest BCUT2D eigenvalue weighted by atomic mass is 28.3. The van der Waals surface area contributed by atoms with Crippen molar-refractivity contribution in [3.05, 3.63) is 59.9 Å². The van der Waals surface area contributed by atoms with E-state index >= 15 is 0 Å². The maximum absolute atomic E-state index is 13.1. The summed E-state index contributed by atoms with van der Waals surface area (Å²) in [6.07, 6.45) is 11.7. The van der Waals surface area contributed by atoms with Gasteiger partial charge in [-0.15, -0.1) is 0 Å². The second-order valence-corrected chi connectivity index (χ2v) is 12.2. The summed E-state index contributed by atoms with van der Waals surface area (Å²) in [6, 6.07) is 19.0. The molecule has 1 heterocycles. The first kappa shape index (κ1) is 19.9. The van der Waals surface area contributed by atoms with Crippen molar-refractivity contribution < 1.29 is 4.39 Å². The van der Waals surface area contributed by atoms with E-state index in [1.807, 2.05) is 12.1 Å². The van der Waals surface area contributed by atoms with Gasteiger partial charge in [0.2, 0.25) is 0 Å². The van der Waals surface area contributed by atoms with Crippen LogP contribution in [0.2, 0.25) is 17.6 Å². The third-order valence-electron chi connectivity index (χ3n) is 7.31. The van der Waals surface area contributed by atoms with E-state index in [1.165, 1.54) is 74.6 Å². The largest absolute Gasteiger partial charge is 0.207 e. The molecule has 28 heavy (non-hydrogen) atoms. The standard InChI is InChI=1S/C26H34FSi/c1-2-3-20-4-14-26(15-5-20)28-18-16-24(17-19-28)22-8-6-21(7-9-22)23-10-12-25(27)13-11-23/h6-13,20,24,26H,2-5,14-19H2,1H3. The van der Waals surface area contributed by atoms with E-state index in [-0.39, 0.29) is 14.6 Å². The molecule has 1 aliphatic carbocycles. The first-order valence-corrected chi connectivity index (χ1v) is 13.4. The molecule has 2 aliphatic rings. The number of halogens is 1. The normalized spacial score (nSPS) is 24.4. The van der Waals surface area contributed by atoms with Crippen LogP contribution < -0.4 is 0 Å². The summed E-state index contributed by atoms with van der Waals surface area (Å²) < 4.78 is 13.1. The van der Waals surface area contributed by atoms with Crippen molar-refractivity contribution in [2.45, 2.75) is 81.8 Å². The molecule has 2 aromatic rings. The van der Waals surface area contributed by atoms with Gasteiger partial charge in [-0.3, -0.25) is 0 Å². The highest BCUT2D eigenvalue weighted by Gasteiger charge is 2.32. The van der Waals surface area contributed by atoms with Crippen LogP contribution in [0.25, 0.3) is 11.1 Å². The van der Waals surface area contributed by atoms with E-state index in [0.717, 1.165) is 22.9 Å². The Labute approximate surface area is 172 Å². The molecule has 0 amide bonds. The number of hydrogen-bond acceptors (Lipinski definition) is 0. The lowest BCUT2D eigenvalue weighted by Gasteiger charge is -2.37. The highest BCUT2D eigenvalue weighted by Crippen LogP contribution is 2.44. The molecule has 0 N–H and O–H groups in total. The van der Waals surface area contributed by atoms with Crippen LogP contribution in [0, 0.1) is 11.7 Å². The molecular formula is C26H34FSi. The van der Waals surface area contributed by atoms with Gasteiger partial charge in [-0.1, -0.05) is 93.9 Å². The fourth-order valence-electron chi connectivity index (χ4n) is 5.59. The second kappa shape index (κ2) is 9.39. The second-order valence-electron chi connectivity index (χ2n) is 9.07. The summed E-state index contributed by atoms with van der Waals surface area (Å²) in [6.45, 7) is 2.34. The Morgan fingerprint density at radius 1 is 0.786 bits per heavy atom. The minimum Gasteiger partial charge on any atom is -0.207 e. The van der Waals surface area contributed by atoms with E-state index in [2.05, 4.69) is 31.2 Å². The summed E-state index contributed by atoms with van der Waals surface area (Å²) in [4.78, 5) is 0. The van der Waals surface area contributed by atoms with Crippen LogP contribution in [0.15, 0.2) is 48.5 Å². The highest BCUT2D eigenvalue weighted by molar-refractivity contribution is 6.60. The molecule has 4 rings (SSSR count). The molecule has 2 aromatic carbocycles. The zero-order valence-corrected chi connectivity index (χ0v) is 18.3. The average Bonchev–Trinajstić information content (AvgIpc) is 2.75. The molecule has 0 spiro atoms. The molecule has 1 saturated carbocycles. The maximum Gasteiger partial charge on any atom is 0.123 e. The first-order valence-electron chi connectivity index (χ1n) is 11.4. The van der Waals surface area contributed by atoms with Gasteiger partial charge < -0.3 is 0 Å². The lowest BCUT2D eigenvalue weighted by Crippen LogP contribution is -2.29. The number of rotatable bonds is 5. The fraction of sp³-hybridized carbons (Fsp3) is 0.538. The van der Waals surface area contributed by atoms with Crippen LogP contribution in [0.1, 0.15) is 69.8 Å². The van der Waals surface area contributed by atoms with Crippen molar-refractivity contribution in [1.29, 1.82) is 0 Å². The van der Waals surface area contributed by atoms with E-state index in [4.69, 9.17) is 0 Å². The Kier molecular flexibility index (Phi) is 6.67. The molecular weight excluding hydrogens is 359 g/mol. The van der Waals surface area contributed by atoms with Gasteiger partial charge in [0.15, 0.2) is 0 Å². The Bertz CT molecular complexity index is 720. The molecule has 1 aliphatic heterocycles. The van der Waals surface area contributed by atoms with Crippen molar-refractivity contribution in [3.8, 4) is 11.1 Å². The Balaban J connectivity index is 1.30. The lowest BCUT2D eigenvalue weighted by atomic mass is 9.86. The van der Waals surface area contributed by atoms with E-state index in [0.29, 0.717) is 0 Å². The van der Waals surface area contributed by atoms with Crippen LogP contribution in [0.4, 0.5) is 4.39 Å². The smallest absolute Gasteiger partial charge is 0.123 e. The average molecular weight is 394 g/mol. The molecule has 0 nitrogen and oxygen atoms in total. The van der Waals surface area contributed by atoms with Crippen molar-refractivity contribution in [3.63, 3.8) is 0 Å². The Morgan fingerprint density at radius 2 is 1.36 bits per heavy atom. The predicted octanol–water partition coefficient (Wildman–Crippen LogP) is 8.23. The summed E-state index contributed by atoms with van der Waals surface area (Å²) in [5.41, 5.74) is 4.91. The predicted molar refractivity (Wildman–Crippen MR) is 120 cm³/mol. The Morgan fingerprint density at radius 3 is 1.93 bits per heavy atom. The third kappa shape index (κ3) is 4.76. The molecule has 0 bridgehead atoms. The molecule has 2 fully saturated rings. The number of benzene rings is 2. The maximum atomic E-state index is 13.1. The van der Waals surface area contributed by atoms with Crippen LogP contribution in [0.5, 0.6) is 0 Å². The monoisotopic (exact) mass is 393 g/mol. The van der Waals surface area contributed by atoms with Gasteiger partial charge in [0.05, 0.1) is 8.80 Å². The van der Waals surface area contributed by atoms with Gasteiger partial charge >= 0.3 is 0 Å². The van der Waals surface area contributed by atoms with Gasteiger partial charge in [-0.05, 0) is 59.0 Å². The molecule has 1 radical (unpaired) electrons. The van der Waals surface area contributed by atoms with E-state index < -0.39 is 0 Å². The van der Waals surface area contributed by atoms with E-state index in [1.54, 1.807) is 12.1 Å². The minimum absolute atomic E-state index is 0.116. The van der Waals surface area contributed by atoms with Crippen molar-refractivity contribution >= 4 is 8.80 Å². The minimum atomic E-state index is -0.168. The number of hydrogen-bond donors (Lipinski definition) is 0. The summed E-state index contributed by atoms with van der Waals surface area (Å²) in [5.74, 6) is 1.63. The molecule has 1 saturated heterocycles. The van der Waals surface area contributed by atoms with Crippen molar-refractivity contribution in [2.24, 2.45) is 5.92 Å². The van der Waals surface area contributed by atoms with Gasteiger partial charge in [-0.25, -0.2) is 4.39 Å². The molecule has 0 atom stereocenters. The first-order chi connectivity index (χ1) is 13.7. The van der Waals surface area contributed by atoms with Crippen LogP contribution in [-0.2, 0) is 0 Å². The molecule has 2 heteroatoms. The van der Waals surface area contributed by atoms with Gasteiger partial charge in [0, 0.05) is 0 Å². The third-order valence-corrected chi connectivity index (χ3v) is 10.9. The van der Waals surface area contributed by atoms with Gasteiger partial charge in [0.25, 0.3) is 0 Å². The molecule has 0 unspecified atom stereocenters. The summed E-state index contributed by atoms with van der Waals surface area (Å²) >= 11 is 0. The summed E-state index contributed by atoms with van der Waals surface area (Å²) in [5, 5.41) is 0. The molecule has 149 valence electrons. The zero-order valence-electron chi connectivity index (χ0n) is 17.3. The van der Waals surface area contributed by atoms with Crippen LogP contribution >= 0.6 is 0 Å². The topological polar surface area (TPSA) is 0 Å². The fourth-order valence-corrected chi connectivity index (χ4v) is 9.24. The van der Waals surface area contributed by atoms with Crippen molar-refractivity contribution in [1.82, 2.24) is 0 Å². The zero-order chi connectivity index (χ0) is 19.3. The SMILES string of the molecule is CCCC1CCC([Si]2CCC(c3ccc(-c4ccc(F)cc4)cc3)CC2)CC1.